The number of halogens is 3. The molecule has 0 bridgehead atoms. The predicted molar refractivity (Wildman–Crippen MR) is 498 cm³/mol. The van der Waals surface area contributed by atoms with Gasteiger partial charge in [0.1, 0.15) is 51.1 Å². The summed E-state index contributed by atoms with van der Waals surface area (Å²) in [5, 5.41) is 22.8. The van der Waals surface area contributed by atoms with E-state index in [1.165, 1.54) is 58.0 Å². The summed E-state index contributed by atoms with van der Waals surface area (Å²) in [5.74, 6) is 1.47. The number of aromatic hydroxyl groups is 1. The Morgan fingerprint density at radius 2 is 0.645 bits per heavy atom. The summed E-state index contributed by atoms with van der Waals surface area (Å²) in [5.41, 5.74) is 3.23. The van der Waals surface area contributed by atoms with E-state index in [-0.39, 0.29) is 129 Å². The first-order valence-electron chi connectivity index (χ1n) is 42.7. The number of carbonyl (C=O) groups is 9. The number of alkyl halides is 3. The molecule has 7 atom stereocenters. The van der Waals surface area contributed by atoms with Crippen LogP contribution in [-0.2, 0) is 42.9 Å². The molecule has 0 spiro atoms. The zero-order valence-electron chi connectivity index (χ0n) is 75.4. The fraction of sp³-hybridized carbons (Fsp3) is 0.621. The predicted octanol–water partition coefficient (Wildman–Crippen LogP) is 13.7. The number of amides is 8. The number of ether oxygens (including phenoxy) is 11. The summed E-state index contributed by atoms with van der Waals surface area (Å²) < 4.78 is 62.9. The number of benzene rings is 4. The van der Waals surface area contributed by atoms with Gasteiger partial charge in [-0.1, -0.05) is 140 Å². The van der Waals surface area contributed by atoms with Crippen LogP contribution in [0.2, 0.25) is 103 Å². The quantitative estimate of drug-likeness (QED) is 0.0243. The molecule has 2 N–H and O–H groups in total. The standard InChI is InChI=1S/C23H35BrN2O5Si.C22H33BrN2O6Si.C22H31BrN2O6Si.C20H30N2O5Si/c1-16-11-19-23(28)26(15-30-9-10-32(3,4)5)18-13-21(31-8-6-7-24)20(29-2)12-17(18)22(27)25(19)14-16;2*1-29-19-11-16-17(12-20(19)31-7-5-6-23)25(14-30-8-9-32(2,3)4)22(28)18-10-15(26)13-24(18)21(16)27;1-13-8-16-20(25)22(12-27-6-7-28(3,4)5)15-10-17(23)18(26-2)9-14(15)19(24)21(16)11-13/h12-13,16,19H,6-11,14-15H2,1-5H3;11-12,15,18,26H,5-10,13-14H2,1-4H3;11-12,18H,5-10,13-14H2,1-4H3;9-10,13,16,23H,6-8,11-12H2,1-5H3/t16-,19+;15-,18+;18-;13-,16+/m1101/s1. The Morgan fingerprint density at radius 3 is 0.952 bits per heavy atom. The maximum Gasteiger partial charge on any atom is 0.257 e. The van der Waals surface area contributed by atoms with Crippen molar-refractivity contribution >= 4 is 156 Å². The first-order chi connectivity index (χ1) is 58.6. The van der Waals surface area contributed by atoms with Gasteiger partial charge in [-0.15, -0.1) is 0 Å². The molecular formula is C87H129Br3N8O22Si4. The van der Waals surface area contributed by atoms with Crippen LogP contribution < -0.4 is 52.8 Å². The Morgan fingerprint density at radius 1 is 0.363 bits per heavy atom. The second-order valence-corrected chi connectivity index (χ2v) is 62.3. The van der Waals surface area contributed by atoms with Crippen molar-refractivity contribution in [3.05, 3.63) is 70.8 Å². The Hall–Kier alpha value is -7.18. The molecule has 4 aromatic rings. The van der Waals surface area contributed by atoms with Crippen molar-refractivity contribution in [1.29, 1.82) is 0 Å². The van der Waals surface area contributed by atoms with Gasteiger partial charge < -0.3 is 81.9 Å². The molecule has 4 fully saturated rings. The van der Waals surface area contributed by atoms with Crippen molar-refractivity contribution in [2.24, 2.45) is 11.8 Å². The highest BCUT2D eigenvalue weighted by Crippen LogP contribution is 2.46. The molecule has 0 aliphatic carbocycles. The van der Waals surface area contributed by atoms with Crippen LogP contribution in [0.3, 0.4) is 0 Å². The molecule has 686 valence electrons. The highest BCUT2D eigenvalue weighted by atomic mass is 79.9. The lowest BCUT2D eigenvalue weighted by Crippen LogP contribution is -2.45. The van der Waals surface area contributed by atoms with Gasteiger partial charge in [0.05, 0.1) is 106 Å². The van der Waals surface area contributed by atoms with Crippen molar-refractivity contribution in [3.8, 4) is 46.0 Å². The van der Waals surface area contributed by atoms with Crippen molar-refractivity contribution < 1.29 is 105 Å². The summed E-state index contributed by atoms with van der Waals surface area (Å²) in [7, 11) is 0.923. The van der Waals surface area contributed by atoms with E-state index < -0.39 is 62.6 Å². The molecule has 30 nitrogen and oxygen atoms in total. The van der Waals surface area contributed by atoms with Gasteiger partial charge >= 0.3 is 0 Å². The Labute approximate surface area is 759 Å². The third-order valence-electron chi connectivity index (χ3n) is 22.4. The van der Waals surface area contributed by atoms with Gasteiger partial charge in [0.15, 0.2) is 51.8 Å². The third kappa shape index (κ3) is 25.9. The average molecular weight is 1990 g/mol. The highest BCUT2D eigenvalue weighted by Gasteiger charge is 2.50. The van der Waals surface area contributed by atoms with Gasteiger partial charge in [-0.3, -0.25) is 62.8 Å². The lowest BCUT2D eigenvalue weighted by atomic mass is 10.1. The van der Waals surface area contributed by atoms with Crippen molar-refractivity contribution in [3.63, 3.8) is 0 Å². The minimum absolute atomic E-state index is 0.00922. The van der Waals surface area contributed by atoms with E-state index in [0.29, 0.717) is 152 Å². The van der Waals surface area contributed by atoms with Gasteiger partial charge in [-0.25, -0.2) is 0 Å². The van der Waals surface area contributed by atoms with Gasteiger partial charge in [-0.2, -0.15) is 0 Å². The van der Waals surface area contributed by atoms with Crippen LogP contribution in [0.15, 0.2) is 48.5 Å². The van der Waals surface area contributed by atoms with Gasteiger partial charge in [-0.05, 0) is 92.4 Å². The smallest absolute Gasteiger partial charge is 0.257 e. The lowest BCUT2D eigenvalue weighted by molar-refractivity contribution is -0.124. The number of ketones is 1. The number of fused-ring (bicyclic) bond motifs is 8. The van der Waals surface area contributed by atoms with Crippen molar-refractivity contribution in [2.75, 3.05) is 163 Å². The molecule has 8 heterocycles. The molecule has 0 aromatic heterocycles. The molecule has 8 aliphatic heterocycles. The van der Waals surface area contributed by atoms with Crippen LogP contribution in [0.25, 0.3) is 0 Å². The number of Topliss-reactive ketones (excluding diaryl/α,β-unsaturated/α-hetero) is 1. The van der Waals surface area contributed by atoms with Gasteiger partial charge in [0.25, 0.3) is 47.3 Å². The zero-order valence-corrected chi connectivity index (χ0v) is 84.2. The number of phenols is 1. The topological polar surface area (TPSA) is 322 Å². The summed E-state index contributed by atoms with van der Waals surface area (Å²) in [6.07, 6.45) is 3.23. The van der Waals surface area contributed by atoms with Crippen LogP contribution in [0.1, 0.15) is 100 Å². The first kappa shape index (κ1) is 101. The number of hydrogen-bond donors (Lipinski definition) is 2. The lowest BCUT2D eigenvalue weighted by Gasteiger charge is -2.26. The fourth-order valence-corrected chi connectivity index (χ4v) is 19.1. The SMILES string of the molecule is COc1cc2c(cc1O)N(COCC[Si](C)(C)C)C(=O)[C@@H]1C[C@@H](C)CN1C2=O.COc1cc2c(cc1OCCCBr)N(COCC[Si](C)(C)C)C(=O)[C@@H]1CC(=O)CN1C2=O.COc1cc2c(cc1OCCCBr)N(COCC[Si](C)(C)C)C(=O)[C@@H]1C[C@@H](C)CN1C2=O.COc1cc2c(cc1OCCCBr)N(COCC[Si](C)(C)C)C(=O)[C@@H]1C[C@@H](O)CN1C2=O. The summed E-state index contributed by atoms with van der Waals surface area (Å²) in [6.45, 7) is 36.4. The Kier molecular flexibility index (Phi) is 36.3. The largest absolute Gasteiger partial charge is 0.504 e. The van der Waals surface area contributed by atoms with E-state index in [9.17, 15) is 53.4 Å². The Bertz CT molecular complexity index is 4310. The molecular weight excluding hydrogens is 1860 g/mol. The number of rotatable bonds is 36. The van der Waals surface area contributed by atoms with E-state index in [0.717, 1.165) is 59.4 Å². The average Bonchev–Trinajstić information content (AvgIpc) is 1.62. The van der Waals surface area contributed by atoms with Crippen LogP contribution in [-0.4, -0.2) is 289 Å². The first-order valence-corrected chi connectivity index (χ1v) is 60.9. The van der Waals surface area contributed by atoms with E-state index in [2.05, 4.69) is 133 Å². The summed E-state index contributed by atoms with van der Waals surface area (Å²) >= 11 is 10.2. The number of phenolic OH excluding ortho intramolecular Hbond substituents is 1. The van der Waals surface area contributed by atoms with Crippen LogP contribution in [0, 0.1) is 11.8 Å². The summed E-state index contributed by atoms with van der Waals surface area (Å²) in [6, 6.07) is 14.4. The molecule has 8 amide bonds. The fourth-order valence-electron chi connectivity index (χ4n) is 15.4. The second kappa shape index (κ2) is 44.7. The molecule has 4 aromatic carbocycles. The number of anilines is 4. The van der Waals surface area contributed by atoms with Crippen LogP contribution in [0.5, 0.6) is 46.0 Å². The molecule has 8 aliphatic rings. The Balaban J connectivity index is 0.000000188. The van der Waals surface area contributed by atoms with E-state index in [1.807, 2.05) is 6.92 Å². The molecule has 0 radical (unpaired) electrons. The summed E-state index contributed by atoms with van der Waals surface area (Å²) in [4.78, 5) is 131. The maximum absolute atomic E-state index is 13.6. The van der Waals surface area contributed by atoms with E-state index in [4.69, 9.17) is 52.1 Å². The van der Waals surface area contributed by atoms with E-state index >= 15 is 0 Å². The minimum Gasteiger partial charge on any atom is -0.504 e. The molecule has 0 saturated carbocycles. The van der Waals surface area contributed by atoms with Crippen molar-refractivity contribution in [2.45, 2.75) is 192 Å². The highest BCUT2D eigenvalue weighted by molar-refractivity contribution is 9.09. The van der Waals surface area contributed by atoms with Gasteiger partial charge in [0.2, 0.25) is 0 Å². The number of nitrogens with zero attached hydrogens (tertiary/aromatic N) is 8. The normalized spacial score (nSPS) is 20.5. The monoisotopic (exact) mass is 1990 g/mol. The molecule has 12 rings (SSSR count). The zero-order chi connectivity index (χ0) is 91.0. The van der Waals surface area contributed by atoms with Crippen molar-refractivity contribution in [1.82, 2.24) is 19.6 Å². The number of carbonyl (C=O) groups excluding carboxylic acids is 9. The molecule has 37 heteroatoms. The number of aliphatic hydroxyl groups is 1. The second-order valence-electron chi connectivity index (χ2n) is 37.4. The van der Waals surface area contributed by atoms with Gasteiger partial charge in [0, 0.05) is 131 Å². The number of methoxy groups -OCH3 is 4. The number of aliphatic hydroxyl groups excluding tert-OH is 1. The van der Waals surface area contributed by atoms with E-state index in [1.54, 1.807) is 58.2 Å². The van der Waals surface area contributed by atoms with Crippen LogP contribution in [0.4, 0.5) is 22.7 Å². The third-order valence-corrected chi connectivity index (χ3v) is 30.9. The molecule has 0 unspecified atom stereocenters. The molecule has 124 heavy (non-hydrogen) atoms. The number of hydrogen-bond acceptors (Lipinski definition) is 22. The van der Waals surface area contributed by atoms with Crippen LogP contribution >= 0.6 is 47.8 Å². The maximum atomic E-state index is 13.6. The minimum atomic E-state index is -1.30. The molecule has 4 saturated heterocycles.